The third-order valence-electron chi connectivity index (χ3n) is 5.24. The van der Waals surface area contributed by atoms with Crippen LogP contribution in [0.4, 0.5) is 18.0 Å². The van der Waals surface area contributed by atoms with Crippen molar-refractivity contribution < 1.29 is 27.8 Å². The number of hydrogen-bond donors (Lipinski definition) is 1. The lowest BCUT2D eigenvalue weighted by Crippen LogP contribution is -2.37. The Kier molecular flexibility index (Phi) is 5.59. The van der Waals surface area contributed by atoms with Gasteiger partial charge in [-0.3, -0.25) is 0 Å². The molecule has 3 aromatic carbocycles. The molecule has 0 fully saturated rings. The Balaban J connectivity index is 1.55. The number of rotatable bonds is 5. The molecular formula is C24H20F3NO3. The number of nitrogens with zero attached hydrogens (tertiary/aromatic N) is 1. The molecule has 7 heteroatoms. The van der Waals surface area contributed by atoms with Gasteiger partial charge in [0.25, 0.3) is 0 Å². The predicted molar refractivity (Wildman–Crippen MR) is 110 cm³/mol. The Labute approximate surface area is 177 Å². The van der Waals surface area contributed by atoms with Crippen LogP contribution in [0.1, 0.15) is 16.7 Å². The minimum Gasteiger partial charge on any atom is -0.487 e. The van der Waals surface area contributed by atoms with Gasteiger partial charge in [0.1, 0.15) is 11.9 Å². The summed E-state index contributed by atoms with van der Waals surface area (Å²) in [5, 5.41) is 9.62. The third kappa shape index (κ3) is 4.66. The zero-order chi connectivity index (χ0) is 22.0. The van der Waals surface area contributed by atoms with Gasteiger partial charge in [0, 0.05) is 18.5 Å². The molecule has 1 amide bonds. The molecule has 0 aliphatic carbocycles. The number of hydrogen-bond acceptors (Lipinski definition) is 2. The average molecular weight is 427 g/mol. The van der Waals surface area contributed by atoms with E-state index in [0.717, 1.165) is 23.3 Å². The summed E-state index contributed by atoms with van der Waals surface area (Å²) in [6.07, 6.45) is -5.42. The number of carbonyl (C=O) groups is 1. The topological polar surface area (TPSA) is 49.8 Å². The number of alkyl halides is 3. The van der Waals surface area contributed by atoms with Gasteiger partial charge in [0.15, 0.2) is 0 Å². The third-order valence-corrected chi connectivity index (χ3v) is 5.24. The summed E-state index contributed by atoms with van der Waals surface area (Å²) in [5.74, 6) is 0.511. The molecule has 0 spiro atoms. The minimum absolute atomic E-state index is 0.154. The van der Waals surface area contributed by atoms with Crippen LogP contribution in [0.5, 0.6) is 5.75 Å². The van der Waals surface area contributed by atoms with Gasteiger partial charge in [0.05, 0.1) is 12.1 Å². The molecule has 0 saturated heterocycles. The standard InChI is InChI=1S/C24H20F3NO3/c25-24(26,27)19-10-4-8-17(12-19)21-11-5-9-18-13-20(31-22(18)21)15-28(23(29)30)14-16-6-2-1-3-7-16/h1-12,20H,13-15H2,(H,29,30). The minimum atomic E-state index is -4.43. The second-order valence-electron chi connectivity index (χ2n) is 7.47. The van der Waals surface area contributed by atoms with Crippen molar-refractivity contribution in [2.24, 2.45) is 0 Å². The Hall–Kier alpha value is -3.48. The van der Waals surface area contributed by atoms with Crippen LogP contribution in [0.3, 0.4) is 0 Å². The number of fused-ring (bicyclic) bond motifs is 1. The van der Waals surface area contributed by atoms with E-state index in [1.165, 1.54) is 11.0 Å². The average Bonchev–Trinajstić information content (AvgIpc) is 3.16. The van der Waals surface area contributed by atoms with Crippen molar-refractivity contribution in [3.63, 3.8) is 0 Å². The Morgan fingerprint density at radius 3 is 2.48 bits per heavy atom. The van der Waals surface area contributed by atoms with E-state index >= 15 is 0 Å². The Morgan fingerprint density at radius 1 is 1.03 bits per heavy atom. The molecule has 1 heterocycles. The molecular weight excluding hydrogens is 407 g/mol. The highest BCUT2D eigenvalue weighted by molar-refractivity contribution is 5.73. The van der Waals surface area contributed by atoms with E-state index in [2.05, 4.69) is 0 Å². The largest absolute Gasteiger partial charge is 0.487 e. The quantitative estimate of drug-likeness (QED) is 0.555. The van der Waals surface area contributed by atoms with Gasteiger partial charge >= 0.3 is 12.3 Å². The van der Waals surface area contributed by atoms with Crippen molar-refractivity contribution in [1.82, 2.24) is 4.90 Å². The van der Waals surface area contributed by atoms with Gasteiger partial charge in [0.2, 0.25) is 0 Å². The molecule has 1 aliphatic rings. The van der Waals surface area contributed by atoms with E-state index in [0.29, 0.717) is 23.3 Å². The van der Waals surface area contributed by atoms with Crippen LogP contribution >= 0.6 is 0 Å². The van der Waals surface area contributed by atoms with Crippen LogP contribution < -0.4 is 4.74 Å². The predicted octanol–water partition coefficient (Wildman–Crippen LogP) is 5.86. The van der Waals surface area contributed by atoms with Crippen LogP contribution in [0.15, 0.2) is 72.8 Å². The van der Waals surface area contributed by atoms with Gasteiger partial charge < -0.3 is 14.7 Å². The number of halogens is 3. The van der Waals surface area contributed by atoms with Gasteiger partial charge in [-0.05, 0) is 28.8 Å². The molecule has 1 atom stereocenters. The summed E-state index contributed by atoms with van der Waals surface area (Å²) < 4.78 is 45.4. The summed E-state index contributed by atoms with van der Waals surface area (Å²) in [7, 11) is 0. The fourth-order valence-corrected chi connectivity index (χ4v) is 3.79. The van der Waals surface area contributed by atoms with Crippen molar-refractivity contribution in [2.45, 2.75) is 25.2 Å². The zero-order valence-electron chi connectivity index (χ0n) is 16.5. The van der Waals surface area contributed by atoms with Crippen LogP contribution in [-0.4, -0.2) is 28.7 Å². The first-order valence-electron chi connectivity index (χ1n) is 9.79. The van der Waals surface area contributed by atoms with E-state index < -0.39 is 23.9 Å². The van der Waals surface area contributed by atoms with E-state index in [4.69, 9.17) is 4.74 Å². The molecule has 0 aromatic heterocycles. The highest BCUT2D eigenvalue weighted by Gasteiger charge is 2.32. The fourth-order valence-electron chi connectivity index (χ4n) is 3.79. The lowest BCUT2D eigenvalue weighted by molar-refractivity contribution is -0.137. The van der Waals surface area contributed by atoms with E-state index in [1.807, 2.05) is 36.4 Å². The first-order valence-corrected chi connectivity index (χ1v) is 9.79. The summed E-state index contributed by atoms with van der Waals surface area (Å²) in [6.45, 7) is 0.383. The molecule has 1 aliphatic heterocycles. The summed E-state index contributed by atoms with van der Waals surface area (Å²) in [4.78, 5) is 13.0. The van der Waals surface area contributed by atoms with Crippen LogP contribution in [0.2, 0.25) is 0 Å². The van der Waals surface area contributed by atoms with Crippen LogP contribution in [0.25, 0.3) is 11.1 Å². The maximum atomic E-state index is 13.1. The maximum Gasteiger partial charge on any atom is 0.416 e. The molecule has 0 bridgehead atoms. The fraction of sp³-hybridized carbons (Fsp3) is 0.208. The van der Waals surface area contributed by atoms with Crippen molar-refractivity contribution in [1.29, 1.82) is 0 Å². The molecule has 4 nitrogen and oxygen atoms in total. The van der Waals surface area contributed by atoms with Crippen molar-refractivity contribution in [2.75, 3.05) is 6.54 Å². The highest BCUT2D eigenvalue weighted by atomic mass is 19.4. The van der Waals surface area contributed by atoms with Crippen LogP contribution in [0, 0.1) is 0 Å². The van der Waals surface area contributed by atoms with Crippen LogP contribution in [-0.2, 0) is 19.1 Å². The summed E-state index contributed by atoms with van der Waals surface area (Å²) in [5.41, 5.74) is 1.97. The number of benzene rings is 3. The number of ether oxygens (including phenoxy) is 1. The number of para-hydroxylation sites is 1. The molecule has 1 N–H and O–H groups in total. The van der Waals surface area contributed by atoms with Gasteiger partial charge in [-0.1, -0.05) is 60.7 Å². The Morgan fingerprint density at radius 2 is 1.77 bits per heavy atom. The first kappa shape index (κ1) is 20.8. The molecule has 31 heavy (non-hydrogen) atoms. The van der Waals surface area contributed by atoms with E-state index in [1.54, 1.807) is 18.2 Å². The van der Waals surface area contributed by atoms with E-state index in [9.17, 15) is 23.1 Å². The number of carboxylic acid groups (broad SMARTS) is 1. The molecule has 0 saturated carbocycles. The molecule has 4 rings (SSSR count). The Bertz CT molecular complexity index is 1080. The first-order chi connectivity index (χ1) is 14.8. The normalized spacial score (nSPS) is 15.3. The second kappa shape index (κ2) is 8.34. The molecule has 0 radical (unpaired) electrons. The highest BCUT2D eigenvalue weighted by Crippen LogP contribution is 2.40. The van der Waals surface area contributed by atoms with Crippen molar-refractivity contribution >= 4 is 6.09 Å². The van der Waals surface area contributed by atoms with Gasteiger partial charge in [-0.25, -0.2) is 4.79 Å². The number of amides is 1. The van der Waals surface area contributed by atoms with E-state index in [-0.39, 0.29) is 13.1 Å². The van der Waals surface area contributed by atoms with Gasteiger partial charge in [-0.15, -0.1) is 0 Å². The van der Waals surface area contributed by atoms with Crippen molar-refractivity contribution in [3.8, 4) is 16.9 Å². The van der Waals surface area contributed by atoms with Crippen molar-refractivity contribution in [3.05, 3.63) is 89.5 Å². The lowest BCUT2D eigenvalue weighted by Gasteiger charge is -2.23. The zero-order valence-corrected chi connectivity index (χ0v) is 16.5. The molecule has 1 unspecified atom stereocenters. The summed E-state index contributed by atoms with van der Waals surface area (Å²) >= 11 is 0. The monoisotopic (exact) mass is 427 g/mol. The molecule has 3 aromatic rings. The lowest BCUT2D eigenvalue weighted by atomic mass is 9.99. The maximum absolute atomic E-state index is 13.1. The SMILES string of the molecule is O=C(O)N(Cc1ccccc1)CC1Cc2cccc(-c3cccc(C(F)(F)F)c3)c2O1. The molecule has 160 valence electrons. The summed E-state index contributed by atoms with van der Waals surface area (Å²) in [6, 6.07) is 19.7. The smallest absolute Gasteiger partial charge is 0.416 e. The second-order valence-corrected chi connectivity index (χ2v) is 7.47. The van der Waals surface area contributed by atoms with Gasteiger partial charge in [-0.2, -0.15) is 13.2 Å².